The Morgan fingerprint density at radius 2 is 1.83 bits per heavy atom. The summed E-state index contributed by atoms with van der Waals surface area (Å²) in [6, 6.07) is 7.53. The molecule has 0 aliphatic rings. The largest absolute Gasteiger partial charge is 0.481 e. The van der Waals surface area contributed by atoms with Crippen molar-refractivity contribution in [2.75, 3.05) is 11.9 Å². The molecule has 0 radical (unpaired) electrons. The summed E-state index contributed by atoms with van der Waals surface area (Å²) in [6.07, 6.45) is -0.179. The van der Waals surface area contributed by atoms with E-state index < -0.39 is 11.4 Å². The van der Waals surface area contributed by atoms with Crippen LogP contribution >= 0.6 is 0 Å². The Morgan fingerprint density at radius 3 is 2.33 bits per heavy atom. The van der Waals surface area contributed by atoms with Crippen LogP contribution in [0, 0.1) is 12.3 Å². The summed E-state index contributed by atoms with van der Waals surface area (Å²) >= 11 is 0. The number of hydrogen-bond acceptors (Lipinski definition) is 2. The highest BCUT2D eigenvalue weighted by Crippen LogP contribution is 2.27. The summed E-state index contributed by atoms with van der Waals surface area (Å²) in [5, 5.41) is 8.83. The second kappa shape index (κ2) is 5.21. The number of carboxylic acid groups (broad SMARTS) is 1. The number of aliphatic carboxylic acids is 1. The fourth-order valence-electron chi connectivity index (χ4n) is 1.96. The first kappa shape index (κ1) is 14.2. The Hall–Kier alpha value is -1.84. The number of aryl methyl sites for hydroxylation is 1. The van der Waals surface area contributed by atoms with E-state index >= 15 is 0 Å². The molecule has 0 heterocycles. The van der Waals surface area contributed by atoms with Gasteiger partial charge in [0, 0.05) is 12.7 Å². The second-order valence-electron chi connectivity index (χ2n) is 5.11. The maximum Gasteiger partial charge on any atom is 0.304 e. The Bertz CT molecular complexity index is 466. The lowest BCUT2D eigenvalue weighted by atomic mass is 9.87. The third kappa shape index (κ3) is 3.09. The highest BCUT2D eigenvalue weighted by molar-refractivity contribution is 5.98. The van der Waals surface area contributed by atoms with Crippen LogP contribution in [0.4, 0.5) is 5.69 Å². The van der Waals surface area contributed by atoms with E-state index in [0.29, 0.717) is 0 Å². The average Bonchev–Trinajstić information content (AvgIpc) is 2.26. The number of hydrogen-bond donors (Lipinski definition) is 1. The van der Waals surface area contributed by atoms with E-state index in [-0.39, 0.29) is 12.3 Å². The Balaban J connectivity index is 2.97. The maximum absolute atomic E-state index is 12.3. The lowest BCUT2D eigenvalue weighted by molar-refractivity contribution is -0.143. The molecule has 18 heavy (non-hydrogen) atoms. The molecule has 1 aromatic rings. The van der Waals surface area contributed by atoms with Crippen molar-refractivity contribution >= 4 is 17.6 Å². The van der Waals surface area contributed by atoms with Crippen molar-refractivity contribution in [2.24, 2.45) is 5.41 Å². The molecule has 4 heteroatoms. The van der Waals surface area contributed by atoms with Crippen LogP contribution in [-0.4, -0.2) is 24.0 Å². The van der Waals surface area contributed by atoms with Crippen LogP contribution in [0.2, 0.25) is 0 Å². The molecule has 1 aromatic carbocycles. The Labute approximate surface area is 107 Å². The second-order valence-corrected chi connectivity index (χ2v) is 5.11. The van der Waals surface area contributed by atoms with Crippen LogP contribution < -0.4 is 4.90 Å². The molecule has 0 aromatic heterocycles. The zero-order valence-corrected chi connectivity index (χ0v) is 11.2. The normalized spacial score (nSPS) is 11.1. The van der Waals surface area contributed by atoms with Gasteiger partial charge in [0.05, 0.1) is 11.8 Å². The van der Waals surface area contributed by atoms with Crippen LogP contribution in [0.25, 0.3) is 0 Å². The maximum atomic E-state index is 12.3. The minimum atomic E-state index is -0.966. The topological polar surface area (TPSA) is 57.6 Å². The molecule has 0 aliphatic carbocycles. The van der Waals surface area contributed by atoms with Crippen LogP contribution in [0.5, 0.6) is 0 Å². The molecule has 0 saturated carbocycles. The zero-order valence-electron chi connectivity index (χ0n) is 11.2. The van der Waals surface area contributed by atoms with Crippen LogP contribution in [0.15, 0.2) is 24.3 Å². The lowest BCUT2D eigenvalue weighted by Gasteiger charge is -2.29. The molecule has 98 valence electrons. The number of benzene rings is 1. The minimum absolute atomic E-state index is 0.179. The predicted octanol–water partition coefficient (Wildman–Crippen LogP) is 2.46. The van der Waals surface area contributed by atoms with Gasteiger partial charge in [-0.15, -0.1) is 0 Å². The highest BCUT2D eigenvalue weighted by atomic mass is 16.4. The molecular formula is C14H19NO3. The van der Waals surface area contributed by atoms with Gasteiger partial charge in [-0.1, -0.05) is 32.0 Å². The molecule has 0 bridgehead atoms. The number of rotatable bonds is 4. The van der Waals surface area contributed by atoms with Crippen molar-refractivity contribution in [2.45, 2.75) is 27.2 Å². The van der Waals surface area contributed by atoms with Gasteiger partial charge in [0.1, 0.15) is 0 Å². The van der Waals surface area contributed by atoms with Crippen LogP contribution in [-0.2, 0) is 9.59 Å². The minimum Gasteiger partial charge on any atom is -0.481 e. The first-order valence-corrected chi connectivity index (χ1v) is 5.81. The molecule has 1 N–H and O–H groups in total. The number of anilines is 1. The quantitative estimate of drug-likeness (QED) is 0.891. The van der Waals surface area contributed by atoms with Gasteiger partial charge in [-0.25, -0.2) is 0 Å². The lowest BCUT2D eigenvalue weighted by Crippen LogP contribution is -2.40. The van der Waals surface area contributed by atoms with E-state index in [9.17, 15) is 9.59 Å². The zero-order chi connectivity index (χ0) is 13.9. The average molecular weight is 249 g/mol. The molecule has 0 spiro atoms. The van der Waals surface area contributed by atoms with E-state index in [2.05, 4.69) is 0 Å². The number of carbonyl (C=O) groups is 2. The third-order valence-electron chi connectivity index (χ3n) is 2.95. The SMILES string of the molecule is Cc1ccccc1N(C)C(=O)C(C)(C)CC(=O)O. The molecule has 4 nitrogen and oxygen atoms in total. The van der Waals surface area contributed by atoms with Gasteiger partial charge in [-0.05, 0) is 18.6 Å². The van der Waals surface area contributed by atoms with E-state index in [4.69, 9.17) is 5.11 Å². The molecule has 0 unspecified atom stereocenters. The third-order valence-corrected chi connectivity index (χ3v) is 2.95. The Morgan fingerprint density at radius 1 is 1.28 bits per heavy atom. The van der Waals surface area contributed by atoms with E-state index in [0.717, 1.165) is 11.3 Å². The van der Waals surface area contributed by atoms with Gasteiger partial charge in [0.15, 0.2) is 0 Å². The van der Waals surface area contributed by atoms with Crippen molar-refractivity contribution in [1.82, 2.24) is 0 Å². The molecular weight excluding hydrogens is 230 g/mol. The number of carbonyl (C=O) groups excluding carboxylic acids is 1. The van der Waals surface area contributed by atoms with Crippen molar-refractivity contribution in [3.8, 4) is 0 Å². The molecule has 1 amide bonds. The van der Waals surface area contributed by atoms with Crippen LogP contribution in [0.3, 0.4) is 0 Å². The number of para-hydroxylation sites is 1. The molecule has 0 atom stereocenters. The fourth-order valence-corrected chi connectivity index (χ4v) is 1.96. The first-order chi connectivity index (χ1) is 8.25. The van der Waals surface area contributed by atoms with Gasteiger partial charge in [-0.3, -0.25) is 9.59 Å². The smallest absolute Gasteiger partial charge is 0.304 e. The van der Waals surface area contributed by atoms with Gasteiger partial charge < -0.3 is 10.0 Å². The summed E-state index contributed by atoms with van der Waals surface area (Å²) in [7, 11) is 1.67. The summed E-state index contributed by atoms with van der Waals surface area (Å²) in [6.45, 7) is 5.22. The van der Waals surface area contributed by atoms with E-state index in [1.807, 2.05) is 31.2 Å². The summed E-state index contributed by atoms with van der Waals surface area (Å²) in [5.74, 6) is -1.16. The first-order valence-electron chi connectivity index (χ1n) is 5.81. The van der Waals surface area contributed by atoms with Crippen molar-refractivity contribution in [3.63, 3.8) is 0 Å². The highest BCUT2D eigenvalue weighted by Gasteiger charge is 2.33. The van der Waals surface area contributed by atoms with Crippen molar-refractivity contribution in [1.29, 1.82) is 0 Å². The van der Waals surface area contributed by atoms with Crippen molar-refractivity contribution < 1.29 is 14.7 Å². The summed E-state index contributed by atoms with van der Waals surface area (Å²) < 4.78 is 0. The van der Waals surface area contributed by atoms with Gasteiger partial charge in [0.2, 0.25) is 5.91 Å². The molecule has 0 saturated heterocycles. The standard InChI is InChI=1S/C14H19NO3/c1-10-7-5-6-8-11(10)15(4)13(18)14(2,3)9-12(16)17/h5-8H,9H2,1-4H3,(H,16,17). The number of amides is 1. The summed E-state index contributed by atoms with van der Waals surface area (Å²) in [5.41, 5.74) is 0.878. The van der Waals surface area contributed by atoms with E-state index in [1.165, 1.54) is 4.90 Å². The monoisotopic (exact) mass is 249 g/mol. The molecule has 0 fully saturated rings. The predicted molar refractivity (Wildman–Crippen MR) is 70.6 cm³/mol. The number of nitrogens with zero attached hydrogens (tertiary/aromatic N) is 1. The van der Waals surface area contributed by atoms with Crippen molar-refractivity contribution in [3.05, 3.63) is 29.8 Å². The van der Waals surface area contributed by atoms with Gasteiger partial charge in [0.25, 0.3) is 0 Å². The summed E-state index contributed by atoms with van der Waals surface area (Å²) in [4.78, 5) is 24.6. The Kier molecular flexibility index (Phi) is 4.11. The van der Waals surface area contributed by atoms with Gasteiger partial charge in [-0.2, -0.15) is 0 Å². The van der Waals surface area contributed by atoms with Crippen LogP contribution in [0.1, 0.15) is 25.8 Å². The molecule has 1 rings (SSSR count). The fraction of sp³-hybridized carbons (Fsp3) is 0.429. The van der Waals surface area contributed by atoms with E-state index in [1.54, 1.807) is 20.9 Å². The molecule has 0 aliphatic heterocycles. The number of carboxylic acids is 1. The van der Waals surface area contributed by atoms with Gasteiger partial charge >= 0.3 is 5.97 Å².